The standard InChI is InChI=1S/C25H43N3O6/c1-24(2,3)34-23(32)27-18-15-33-12-10-8-6-7-9-11-16(14-29)26-21(30)20-19-17(25(19,4)5)13-28(20)22(18)31/h16-20,29H,6-15H2,1-5H3,(H,26,30)(H,27,32)/t16-,17-,18-,19-,20-/m0/s1. The monoisotopic (exact) mass is 481 g/mol. The Bertz CT molecular complexity index is 749. The van der Waals surface area contributed by atoms with Gasteiger partial charge in [-0.05, 0) is 50.9 Å². The van der Waals surface area contributed by atoms with Gasteiger partial charge in [-0.1, -0.05) is 39.5 Å². The van der Waals surface area contributed by atoms with Crippen LogP contribution in [0.4, 0.5) is 4.79 Å². The number of nitrogens with one attached hydrogen (secondary N) is 2. The minimum atomic E-state index is -0.938. The van der Waals surface area contributed by atoms with E-state index in [2.05, 4.69) is 24.5 Å². The second-order valence-electron chi connectivity index (χ2n) is 11.6. The molecular formula is C25H43N3O6. The maximum atomic E-state index is 13.6. The van der Waals surface area contributed by atoms with E-state index < -0.39 is 23.8 Å². The van der Waals surface area contributed by atoms with E-state index in [0.717, 1.165) is 32.1 Å². The fourth-order valence-electron chi connectivity index (χ4n) is 5.46. The Balaban J connectivity index is 1.81. The number of piperidine rings is 1. The molecule has 3 amide bonds. The molecule has 9 heteroatoms. The van der Waals surface area contributed by atoms with Crippen molar-refractivity contribution in [3.8, 4) is 0 Å². The summed E-state index contributed by atoms with van der Waals surface area (Å²) in [5, 5.41) is 15.5. The van der Waals surface area contributed by atoms with Crippen LogP contribution in [0.15, 0.2) is 0 Å². The molecule has 0 aromatic rings. The van der Waals surface area contributed by atoms with Crippen molar-refractivity contribution in [3.63, 3.8) is 0 Å². The predicted molar refractivity (Wildman–Crippen MR) is 127 cm³/mol. The van der Waals surface area contributed by atoms with Crippen LogP contribution < -0.4 is 10.6 Å². The van der Waals surface area contributed by atoms with Crippen LogP contribution in [0.5, 0.6) is 0 Å². The molecule has 194 valence electrons. The van der Waals surface area contributed by atoms with E-state index in [0.29, 0.717) is 19.6 Å². The molecule has 0 spiro atoms. The summed E-state index contributed by atoms with van der Waals surface area (Å²) in [4.78, 5) is 41.1. The van der Waals surface area contributed by atoms with Gasteiger partial charge in [0.15, 0.2) is 0 Å². The summed E-state index contributed by atoms with van der Waals surface area (Å²) in [6.45, 7) is 10.4. The van der Waals surface area contributed by atoms with Crippen LogP contribution in [0.25, 0.3) is 0 Å². The highest BCUT2D eigenvalue weighted by Crippen LogP contribution is 2.64. The van der Waals surface area contributed by atoms with Crippen LogP contribution in [0.2, 0.25) is 0 Å². The van der Waals surface area contributed by atoms with Gasteiger partial charge in [0, 0.05) is 13.2 Å². The first-order valence-corrected chi connectivity index (χ1v) is 12.7. The molecule has 3 aliphatic rings. The van der Waals surface area contributed by atoms with Crippen LogP contribution in [0, 0.1) is 17.3 Å². The summed E-state index contributed by atoms with van der Waals surface area (Å²) < 4.78 is 11.2. The van der Waals surface area contributed by atoms with E-state index in [1.54, 1.807) is 25.7 Å². The van der Waals surface area contributed by atoms with Gasteiger partial charge in [0.2, 0.25) is 11.8 Å². The van der Waals surface area contributed by atoms with Crippen molar-refractivity contribution in [1.29, 1.82) is 0 Å². The Morgan fingerprint density at radius 3 is 2.56 bits per heavy atom. The molecule has 5 atom stereocenters. The lowest BCUT2D eigenvalue weighted by atomic mass is 9.99. The number of nitrogens with zero attached hydrogens (tertiary/aromatic N) is 1. The molecule has 3 rings (SSSR count). The number of carbonyl (C=O) groups excluding carboxylic acids is 3. The van der Waals surface area contributed by atoms with Gasteiger partial charge < -0.3 is 30.1 Å². The Morgan fingerprint density at radius 2 is 1.88 bits per heavy atom. The Labute approximate surface area is 203 Å². The van der Waals surface area contributed by atoms with Crippen molar-refractivity contribution in [2.75, 3.05) is 26.4 Å². The van der Waals surface area contributed by atoms with Gasteiger partial charge in [-0.25, -0.2) is 4.79 Å². The normalized spacial score (nSPS) is 32.9. The number of fused-ring (bicyclic) bond motifs is 3. The molecule has 0 bridgehead atoms. The number of hydrogen-bond donors (Lipinski definition) is 3. The SMILES string of the molecule is CC(C)(C)OC(=O)N[C@H]1COCCCCCCC[C@@H](CO)NC(=O)[C@@H]2[C@@H]3[C@H](CN2C1=O)C3(C)C. The zero-order valence-corrected chi connectivity index (χ0v) is 21.4. The molecular weight excluding hydrogens is 438 g/mol. The smallest absolute Gasteiger partial charge is 0.408 e. The molecule has 0 unspecified atom stereocenters. The summed E-state index contributed by atoms with van der Waals surface area (Å²) in [6, 6.07) is -1.89. The third-order valence-corrected chi connectivity index (χ3v) is 7.44. The van der Waals surface area contributed by atoms with E-state index in [1.807, 2.05) is 0 Å². The van der Waals surface area contributed by atoms with Crippen molar-refractivity contribution in [2.45, 2.75) is 96.9 Å². The minimum absolute atomic E-state index is 0.0287. The van der Waals surface area contributed by atoms with Crippen molar-refractivity contribution in [1.82, 2.24) is 15.5 Å². The average molecular weight is 482 g/mol. The second-order valence-corrected chi connectivity index (χ2v) is 11.6. The molecule has 0 radical (unpaired) electrons. The Hall–Kier alpha value is -1.87. The van der Waals surface area contributed by atoms with E-state index in [9.17, 15) is 19.5 Å². The van der Waals surface area contributed by atoms with Gasteiger partial charge in [-0.2, -0.15) is 0 Å². The highest BCUT2D eigenvalue weighted by molar-refractivity contribution is 5.93. The molecule has 3 fully saturated rings. The van der Waals surface area contributed by atoms with Gasteiger partial charge in [0.1, 0.15) is 17.7 Å². The largest absolute Gasteiger partial charge is 0.444 e. The van der Waals surface area contributed by atoms with Gasteiger partial charge >= 0.3 is 6.09 Å². The zero-order chi connectivity index (χ0) is 25.1. The molecule has 9 nitrogen and oxygen atoms in total. The van der Waals surface area contributed by atoms with E-state index in [-0.39, 0.29) is 48.3 Å². The number of aliphatic hydroxyl groups excluding tert-OH is 1. The quantitative estimate of drug-likeness (QED) is 0.557. The molecule has 2 aliphatic heterocycles. The molecule has 1 saturated carbocycles. The summed E-state index contributed by atoms with van der Waals surface area (Å²) in [5.74, 6) is -0.279. The van der Waals surface area contributed by atoms with Crippen LogP contribution >= 0.6 is 0 Å². The number of amides is 3. The Kier molecular flexibility index (Phi) is 8.50. The second kappa shape index (κ2) is 10.8. The zero-order valence-electron chi connectivity index (χ0n) is 21.4. The van der Waals surface area contributed by atoms with Gasteiger partial charge in [-0.3, -0.25) is 9.59 Å². The van der Waals surface area contributed by atoms with Crippen molar-refractivity contribution in [2.24, 2.45) is 17.3 Å². The first-order valence-electron chi connectivity index (χ1n) is 12.7. The first kappa shape index (κ1) is 26.7. The lowest BCUT2D eigenvalue weighted by Gasteiger charge is -2.34. The maximum absolute atomic E-state index is 13.6. The van der Waals surface area contributed by atoms with Crippen LogP contribution in [0.1, 0.15) is 73.1 Å². The number of aliphatic hydroxyl groups is 1. The predicted octanol–water partition coefficient (Wildman–Crippen LogP) is 2.21. The van der Waals surface area contributed by atoms with Gasteiger partial charge in [0.25, 0.3) is 0 Å². The van der Waals surface area contributed by atoms with Gasteiger partial charge in [-0.15, -0.1) is 0 Å². The number of alkyl carbamates (subject to hydrolysis) is 1. The Morgan fingerprint density at radius 1 is 1.21 bits per heavy atom. The van der Waals surface area contributed by atoms with Gasteiger partial charge in [0.05, 0.1) is 19.3 Å². The summed E-state index contributed by atoms with van der Waals surface area (Å²) in [5.41, 5.74) is -0.730. The lowest BCUT2D eigenvalue weighted by Crippen LogP contribution is -2.58. The molecule has 3 N–H and O–H groups in total. The summed E-state index contributed by atoms with van der Waals surface area (Å²) in [6.07, 6.45) is 4.90. The van der Waals surface area contributed by atoms with Crippen LogP contribution in [0.3, 0.4) is 0 Å². The molecule has 34 heavy (non-hydrogen) atoms. The molecule has 0 aromatic heterocycles. The maximum Gasteiger partial charge on any atom is 0.408 e. The highest BCUT2D eigenvalue weighted by atomic mass is 16.6. The van der Waals surface area contributed by atoms with Crippen molar-refractivity contribution < 1.29 is 29.0 Å². The lowest BCUT2D eigenvalue weighted by molar-refractivity contribution is -0.143. The highest BCUT2D eigenvalue weighted by Gasteiger charge is 2.69. The number of carbonyl (C=O) groups is 3. The molecule has 0 aromatic carbocycles. The number of rotatable bonds is 2. The molecule has 2 saturated heterocycles. The van der Waals surface area contributed by atoms with E-state index in [4.69, 9.17) is 9.47 Å². The van der Waals surface area contributed by atoms with E-state index in [1.165, 1.54) is 0 Å². The van der Waals surface area contributed by atoms with Crippen molar-refractivity contribution >= 4 is 17.9 Å². The fraction of sp³-hybridized carbons (Fsp3) is 0.880. The topological polar surface area (TPSA) is 117 Å². The first-order chi connectivity index (χ1) is 16.0. The minimum Gasteiger partial charge on any atom is -0.444 e. The fourth-order valence-corrected chi connectivity index (χ4v) is 5.46. The third-order valence-electron chi connectivity index (χ3n) is 7.44. The van der Waals surface area contributed by atoms with Crippen LogP contribution in [-0.2, 0) is 19.1 Å². The third kappa shape index (κ3) is 6.42. The number of ether oxygens (including phenoxy) is 2. The van der Waals surface area contributed by atoms with Crippen LogP contribution in [-0.4, -0.2) is 78.0 Å². The number of hydrogen-bond acceptors (Lipinski definition) is 6. The molecule has 1 aliphatic carbocycles. The summed E-state index contributed by atoms with van der Waals surface area (Å²) >= 11 is 0. The molecule has 2 heterocycles. The summed E-state index contributed by atoms with van der Waals surface area (Å²) in [7, 11) is 0. The van der Waals surface area contributed by atoms with Crippen molar-refractivity contribution in [3.05, 3.63) is 0 Å². The average Bonchev–Trinajstić information content (AvgIpc) is 3.08. The van der Waals surface area contributed by atoms with E-state index >= 15 is 0 Å².